The number of para-hydroxylation sites is 2. The van der Waals surface area contributed by atoms with E-state index in [9.17, 15) is 18.0 Å². The van der Waals surface area contributed by atoms with Gasteiger partial charge in [-0.05, 0) is 33.0 Å². The lowest BCUT2D eigenvalue weighted by Gasteiger charge is -2.05. The van der Waals surface area contributed by atoms with E-state index in [1.807, 2.05) is 26.1 Å². The second-order valence-corrected chi connectivity index (χ2v) is 10.7. The van der Waals surface area contributed by atoms with E-state index in [4.69, 9.17) is 18.3 Å². The molecule has 0 unspecified atom stereocenters. The molecular weight excluding hydrogens is 556 g/mol. The summed E-state index contributed by atoms with van der Waals surface area (Å²) in [7, 11) is 1.18. The maximum Gasteiger partial charge on any atom is 0.343 e. The normalized spacial score (nSPS) is 11.2. The molecule has 0 spiro atoms. The molecule has 0 fully saturated rings. The molecule has 0 aliphatic carbocycles. The molecule has 2 aromatic carbocycles. The topological polar surface area (TPSA) is 156 Å². The number of aryl methyl sites for hydroxylation is 2. The molecule has 41 heavy (non-hydrogen) atoms. The summed E-state index contributed by atoms with van der Waals surface area (Å²) < 4.78 is 56.2. The number of furan rings is 2. The molecular formula is C28H34N2O10S. The highest BCUT2D eigenvalue weighted by atomic mass is 32.2. The number of carbonyl (C=O) groups excluding carboxylic acids is 2. The van der Waals surface area contributed by atoms with Crippen molar-refractivity contribution in [1.82, 2.24) is 10.0 Å². The molecule has 4 rings (SSSR count). The molecule has 13 heteroatoms. The third-order valence-corrected chi connectivity index (χ3v) is 6.65. The first-order chi connectivity index (χ1) is 19.5. The highest BCUT2D eigenvalue weighted by Gasteiger charge is 2.17. The largest absolute Gasteiger partial charge is 0.478 e. The van der Waals surface area contributed by atoms with Crippen LogP contribution in [-0.4, -0.2) is 61.1 Å². The zero-order valence-electron chi connectivity index (χ0n) is 23.8. The van der Waals surface area contributed by atoms with Crippen molar-refractivity contribution in [2.24, 2.45) is 0 Å². The van der Waals surface area contributed by atoms with Gasteiger partial charge in [-0.15, -0.1) is 0 Å². The summed E-state index contributed by atoms with van der Waals surface area (Å²) in [6.45, 7) is 4.14. The summed E-state index contributed by atoms with van der Waals surface area (Å²) in [5.74, 6) is 1.46. The van der Waals surface area contributed by atoms with Crippen LogP contribution in [0, 0.1) is 13.8 Å². The maximum atomic E-state index is 11.2. The SMILES string of the molecule is CNCc1c(C)oc2c(OCC(=O)OC)cccc12.COC(=O)COc1cccc2c(CNS(C)(=O)=O)c(C)oc12. The summed E-state index contributed by atoms with van der Waals surface area (Å²) >= 11 is 0. The first-order valence-corrected chi connectivity index (χ1v) is 14.4. The number of nitrogens with one attached hydrogen (secondary N) is 2. The zero-order valence-corrected chi connectivity index (χ0v) is 24.6. The van der Waals surface area contributed by atoms with Crippen LogP contribution in [0.4, 0.5) is 0 Å². The van der Waals surface area contributed by atoms with E-state index >= 15 is 0 Å². The molecule has 0 saturated carbocycles. The molecule has 4 aromatic rings. The Labute approximate surface area is 237 Å². The van der Waals surface area contributed by atoms with Crippen LogP contribution in [0.3, 0.4) is 0 Å². The fourth-order valence-corrected chi connectivity index (χ4v) is 4.37. The van der Waals surface area contributed by atoms with E-state index in [0.717, 1.165) is 40.5 Å². The van der Waals surface area contributed by atoms with E-state index in [1.165, 1.54) is 14.2 Å². The van der Waals surface area contributed by atoms with Crippen molar-refractivity contribution in [2.45, 2.75) is 26.9 Å². The molecule has 0 radical (unpaired) electrons. The van der Waals surface area contributed by atoms with Gasteiger partial charge in [0.1, 0.15) is 11.5 Å². The minimum atomic E-state index is -3.30. The van der Waals surface area contributed by atoms with Crippen LogP contribution in [0.2, 0.25) is 0 Å². The molecule has 0 saturated heterocycles. The Hall–Kier alpha value is -4.07. The lowest BCUT2D eigenvalue weighted by atomic mass is 10.1. The van der Waals surface area contributed by atoms with Gasteiger partial charge in [-0.25, -0.2) is 22.7 Å². The smallest absolute Gasteiger partial charge is 0.343 e. The van der Waals surface area contributed by atoms with Gasteiger partial charge in [-0.2, -0.15) is 0 Å². The first-order valence-electron chi connectivity index (χ1n) is 12.5. The Morgan fingerprint density at radius 3 is 1.61 bits per heavy atom. The van der Waals surface area contributed by atoms with Crippen LogP contribution < -0.4 is 19.5 Å². The van der Waals surface area contributed by atoms with Gasteiger partial charge in [-0.1, -0.05) is 24.3 Å². The molecule has 222 valence electrons. The van der Waals surface area contributed by atoms with Gasteiger partial charge < -0.3 is 33.1 Å². The zero-order chi connectivity index (χ0) is 30.2. The Bertz CT molecular complexity index is 1620. The molecule has 2 N–H and O–H groups in total. The van der Waals surface area contributed by atoms with Crippen molar-refractivity contribution in [1.29, 1.82) is 0 Å². The summed E-state index contributed by atoms with van der Waals surface area (Å²) in [5, 5.41) is 4.83. The number of ether oxygens (including phenoxy) is 4. The van der Waals surface area contributed by atoms with Crippen LogP contribution in [0.5, 0.6) is 11.5 Å². The fraction of sp³-hybridized carbons (Fsp3) is 0.357. The van der Waals surface area contributed by atoms with Crippen LogP contribution in [-0.2, 0) is 42.2 Å². The van der Waals surface area contributed by atoms with Gasteiger partial charge in [0, 0.05) is 35.0 Å². The summed E-state index contributed by atoms with van der Waals surface area (Å²) in [4.78, 5) is 22.3. The number of rotatable bonds is 11. The molecule has 0 atom stereocenters. The van der Waals surface area contributed by atoms with Crippen LogP contribution in [0.25, 0.3) is 21.9 Å². The van der Waals surface area contributed by atoms with Crippen LogP contribution in [0.1, 0.15) is 22.6 Å². The third kappa shape index (κ3) is 8.22. The van der Waals surface area contributed by atoms with Gasteiger partial charge >= 0.3 is 11.9 Å². The van der Waals surface area contributed by atoms with E-state index in [0.29, 0.717) is 28.4 Å². The summed E-state index contributed by atoms with van der Waals surface area (Å²) in [5.41, 5.74) is 2.95. The van der Waals surface area contributed by atoms with Gasteiger partial charge in [0.2, 0.25) is 10.0 Å². The number of methoxy groups -OCH3 is 2. The quantitative estimate of drug-likeness (QED) is 0.247. The number of esters is 2. The second-order valence-electron chi connectivity index (χ2n) is 8.89. The standard InChI is InChI=1S/C14H17NO6S.C14H17NO4/c1-9-11(7-15-22(3,17)18)10-5-4-6-12(14(10)21-9)20-8-13(16)19-2;1-9-11(7-15-2)10-5-4-6-12(14(10)19-9)18-8-13(16)17-3/h4-6,15H,7-8H2,1-3H3;4-6,15H,7-8H2,1-3H3. The highest BCUT2D eigenvalue weighted by Crippen LogP contribution is 2.33. The van der Waals surface area contributed by atoms with Gasteiger partial charge in [-0.3, -0.25) is 0 Å². The number of fused-ring (bicyclic) bond motifs is 2. The van der Waals surface area contributed by atoms with Crippen LogP contribution in [0.15, 0.2) is 45.2 Å². The average Bonchev–Trinajstić information content (AvgIpc) is 3.44. The number of benzene rings is 2. The molecule has 2 aromatic heterocycles. The van der Waals surface area contributed by atoms with E-state index in [-0.39, 0.29) is 19.8 Å². The number of carbonyl (C=O) groups is 2. The number of hydrogen-bond acceptors (Lipinski definition) is 11. The predicted molar refractivity (Wildman–Crippen MR) is 151 cm³/mol. The first kappa shape index (κ1) is 31.5. The Morgan fingerprint density at radius 1 is 0.780 bits per heavy atom. The van der Waals surface area contributed by atoms with E-state index < -0.39 is 22.0 Å². The molecule has 0 aliphatic heterocycles. The number of hydrogen-bond donors (Lipinski definition) is 2. The monoisotopic (exact) mass is 590 g/mol. The van der Waals surface area contributed by atoms with Crippen molar-refractivity contribution >= 4 is 43.9 Å². The molecule has 0 bridgehead atoms. The fourth-order valence-electron chi connectivity index (χ4n) is 3.96. The van der Waals surface area contributed by atoms with Gasteiger partial charge in [0.05, 0.1) is 20.5 Å². The minimum Gasteiger partial charge on any atom is -0.478 e. The lowest BCUT2D eigenvalue weighted by molar-refractivity contribution is -0.143. The molecule has 0 aliphatic rings. The van der Waals surface area contributed by atoms with Crippen molar-refractivity contribution in [3.8, 4) is 11.5 Å². The summed E-state index contributed by atoms with van der Waals surface area (Å²) in [6.07, 6.45) is 1.09. The van der Waals surface area contributed by atoms with Crippen LogP contribution >= 0.6 is 0 Å². The van der Waals surface area contributed by atoms with E-state index in [2.05, 4.69) is 19.5 Å². The van der Waals surface area contributed by atoms with Crippen molar-refractivity contribution in [3.05, 3.63) is 59.0 Å². The lowest BCUT2D eigenvalue weighted by Crippen LogP contribution is -2.21. The van der Waals surface area contributed by atoms with Crippen molar-refractivity contribution in [3.63, 3.8) is 0 Å². The maximum absolute atomic E-state index is 11.2. The molecule has 0 amide bonds. The van der Waals surface area contributed by atoms with Gasteiger partial charge in [0.25, 0.3) is 0 Å². The summed E-state index contributed by atoms with van der Waals surface area (Å²) in [6, 6.07) is 10.8. The highest BCUT2D eigenvalue weighted by molar-refractivity contribution is 7.88. The van der Waals surface area contributed by atoms with Crippen molar-refractivity contribution in [2.75, 3.05) is 40.7 Å². The molecule has 12 nitrogen and oxygen atoms in total. The third-order valence-electron chi connectivity index (χ3n) is 5.98. The van der Waals surface area contributed by atoms with Crippen molar-refractivity contribution < 1.29 is 45.8 Å². The Balaban J connectivity index is 0.000000228. The average molecular weight is 591 g/mol. The minimum absolute atomic E-state index is 0.123. The van der Waals surface area contributed by atoms with Gasteiger partial charge in [0.15, 0.2) is 35.9 Å². The molecule has 2 heterocycles. The predicted octanol–water partition coefficient (Wildman–Crippen LogP) is 3.35. The Kier molecular flexibility index (Phi) is 10.8. The Morgan fingerprint density at radius 2 is 1.22 bits per heavy atom. The number of sulfonamides is 1. The second kappa shape index (κ2) is 14.0. The van der Waals surface area contributed by atoms with E-state index in [1.54, 1.807) is 31.2 Å².